The van der Waals surface area contributed by atoms with Crippen LogP contribution in [0.5, 0.6) is 5.75 Å². The van der Waals surface area contributed by atoms with Crippen molar-refractivity contribution in [3.8, 4) is 5.75 Å². The third-order valence-corrected chi connectivity index (χ3v) is 2.23. The van der Waals surface area contributed by atoms with Gasteiger partial charge in [0.1, 0.15) is 11.6 Å². The molecular weight excluding hydrogens is 221 g/mol. The van der Waals surface area contributed by atoms with Gasteiger partial charge in [0.15, 0.2) is 0 Å². The minimum atomic E-state index is -0.670. The van der Waals surface area contributed by atoms with Crippen LogP contribution < -0.4 is 5.32 Å². The molecule has 17 heavy (non-hydrogen) atoms. The van der Waals surface area contributed by atoms with Crippen LogP contribution in [0, 0.1) is 5.82 Å². The molecule has 0 spiro atoms. The van der Waals surface area contributed by atoms with Crippen molar-refractivity contribution in [2.45, 2.75) is 0 Å². The molecule has 4 heteroatoms. The quantitative estimate of drug-likeness (QED) is 0.834. The van der Waals surface area contributed by atoms with Crippen LogP contribution in [0.15, 0.2) is 48.5 Å². The lowest BCUT2D eigenvalue weighted by molar-refractivity contribution is 0.102. The Bertz CT molecular complexity index is 540. The highest BCUT2D eigenvalue weighted by Gasteiger charge is 2.12. The average molecular weight is 231 g/mol. The summed E-state index contributed by atoms with van der Waals surface area (Å²) < 4.78 is 13.4. The van der Waals surface area contributed by atoms with Crippen molar-refractivity contribution in [3.63, 3.8) is 0 Å². The van der Waals surface area contributed by atoms with E-state index >= 15 is 0 Å². The fourth-order valence-corrected chi connectivity index (χ4v) is 1.41. The first-order chi connectivity index (χ1) is 8.16. The van der Waals surface area contributed by atoms with E-state index in [1.165, 1.54) is 6.07 Å². The molecule has 3 nitrogen and oxygen atoms in total. The molecule has 0 saturated heterocycles. The minimum Gasteiger partial charge on any atom is -0.508 e. The Labute approximate surface area is 97.5 Å². The number of nitrogens with one attached hydrogen (secondary N) is 1. The summed E-state index contributed by atoms with van der Waals surface area (Å²) in [6.45, 7) is 0. The van der Waals surface area contributed by atoms with Crippen molar-refractivity contribution in [2.75, 3.05) is 5.32 Å². The zero-order chi connectivity index (χ0) is 12.3. The molecule has 0 aromatic heterocycles. The second-order valence-corrected chi connectivity index (χ2v) is 3.48. The number of halogens is 1. The van der Waals surface area contributed by atoms with Crippen LogP contribution in [0.1, 0.15) is 10.4 Å². The number of hydrogen-bond acceptors (Lipinski definition) is 2. The van der Waals surface area contributed by atoms with E-state index in [1.807, 2.05) is 6.07 Å². The first-order valence-electron chi connectivity index (χ1n) is 5.02. The van der Waals surface area contributed by atoms with Gasteiger partial charge in [0.05, 0.1) is 5.56 Å². The van der Waals surface area contributed by atoms with Crippen molar-refractivity contribution >= 4 is 11.6 Å². The van der Waals surface area contributed by atoms with Crippen molar-refractivity contribution < 1.29 is 14.3 Å². The molecule has 2 aromatic rings. The molecule has 0 aliphatic rings. The molecule has 0 heterocycles. The Kier molecular flexibility index (Phi) is 3.05. The lowest BCUT2D eigenvalue weighted by Crippen LogP contribution is -2.13. The lowest BCUT2D eigenvalue weighted by Gasteiger charge is -2.06. The summed E-state index contributed by atoms with van der Waals surface area (Å²) in [6.07, 6.45) is 0. The van der Waals surface area contributed by atoms with Gasteiger partial charge >= 0.3 is 0 Å². The zero-order valence-corrected chi connectivity index (χ0v) is 8.85. The van der Waals surface area contributed by atoms with E-state index in [9.17, 15) is 14.3 Å². The van der Waals surface area contributed by atoms with E-state index in [0.29, 0.717) is 5.69 Å². The van der Waals surface area contributed by atoms with Crippen molar-refractivity contribution in [1.82, 2.24) is 0 Å². The highest BCUT2D eigenvalue weighted by Crippen LogP contribution is 2.17. The molecule has 0 aliphatic heterocycles. The summed E-state index contributed by atoms with van der Waals surface area (Å²) in [4.78, 5) is 11.7. The van der Waals surface area contributed by atoms with Crippen LogP contribution in [0.25, 0.3) is 0 Å². The molecule has 0 atom stereocenters. The van der Waals surface area contributed by atoms with Gasteiger partial charge in [-0.25, -0.2) is 4.39 Å². The minimum absolute atomic E-state index is 0.149. The predicted molar refractivity (Wildman–Crippen MR) is 62.5 cm³/mol. The topological polar surface area (TPSA) is 49.3 Å². The Morgan fingerprint density at radius 1 is 1.12 bits per heavy atom. The SMILES string of the molecule is O=C(Nc1ccccc1)c1cc(O)ccc1F. The average Bonchev–Trinajstić information content (AvgIpc) is 2.33. The Hall–Kier alpha value is -2.36. The van der Waals surface area contributed by atoms with Crippen LogP contribution in [-0.2, 0) is 0 Å². The van der Waals surface area contributed by atoms with E-state index in [2.05, 4.69) is 5.32 Å². The molecule has 0 radical (unpaired) electrons. The van der Waals surface area contributed by atoms with E-state index in [4.69, 9.17) is 0 Å². The number of aromatic hydroxyl groups is 1. The van der Waals surface area contributed by atoms with E-state index < -0.39 is 11.7 Å². The normalized spacial score (nSPS) is 9.94. The monoisotopic (exact) mass is 231 g/mol. The number of carbonyl (C=O) groups is 1. The maximum absolute atomic E-state index is 13.4. The summed E-state index contributed by atoms with van der Waals surface area (Å²) in [7, 11) is 0. The maximum atomic E-state index is 13.4. The summed E-state index contributed by atoms with van der Waals surface area (Å²) >= 11 is 0. The van der Waals surface area contributed by atoms with Crippen LogP contribution in [0.3, 0.4) is 0 Å². The number of carbonyl (C=O) groups excluding carboxylic acids is 1. The number of phenolic OH excluding ortho intramolecular Hbond substituents is 1. The van der Waals surface area contributed by atoms with Gasteiger partial charge in [-0.1, -0.05) is 18.2 Å². The summed E-state index contributed by atoms with van der Waals surface area (Å²) in [5.41, 5.74) is 0.383. The molecule has 2 rings (SSSR count). The van der Waals surface area contributed by atoms with Gasteiger partial charge in [-0.15, -0.1) is 0 Å². The number of hydrogen-bond donors (Lipinski definition) is 2. The Morgan fingerprint density at radius 2 is 1.82 bits per heavy atom. The fourth-order valence-electron chi connectivity index (χ4n) is 1.41. The largest absolute Gasteiger partial charge is 0.508 e. The third kappa shape index (κ3) is 2.60. The van der Waals surface area contributed by atoms with Crippen LogP contribution in [0.2, 0.25) is 0 Å². The number of anilines is 1. The number of para-hydroxylation sites is 1. The molecule has 2 N–H and O–H groups in total. The molecular formula is C13H10FNO2. The molecule has 0 aliphatic carbocycles. The van der Waals surface area contributed by atoms with Crippen LogP contribution in [0.4, 0.5) is 10.1 Å². The summed E-state index contributed by atoms with van der Waals surface area (Å²) in [5, 5.41) is 11.7. The smallest absolute Gasteiger partial charge is 0.258 e. The standard InChI is InChI=1S/C13H10FNO2/c14-12-7-6-10(16)8-11(12)13(17)15-9-4-2-1-3-5-9/h1-8,16H,(H,15,17). The first kappa shape index (κ1) is 11.1. The van der Waals surface area contributed by atoms with Crippen molar-refractivity contribution in [1.29, 1.82) is 0 Å². The predicted octanol–water partition coefficient (Wildman–Crippen LogP) is 2.78. The van der Waals surface area contributed by atoms with Crippen molar-refractivity contribution in [3.05, 3.63) is 59.9 Å². The molecule has 0 unspecified atom stereocenters. The van der Waals surface area contributed by atoms with Crippen molar-refractivity contribution in [2.24, 2.45) is 0 Å². The fraction of sp³-hybridized carbons (Fsp3) is 0. The maximum Gasteiger partial charge on any atom is 0.258 e. The number of phenols is 1. The molecule has 0 saturated carbocycles. The molecule has 2 aromatic carbocycles. The van der Waals surface area contributed by atoms with Gasteiger partial charge in [0.25, 0.3) is 5.91 Å². The highest BCUT2D eigenvalue weighted by atomic mass is 19.1. The highest BCUT2D eigenvalue weighted by molar-refractivity contribution is 6.04. The second-order valence-electron chi connectivity index (χ2n) is 3.48. The van der Waals surface area contributed by atoms with Gasteiger partial charge in [0.2, 0.25) is 0 Å². The summed E-state index contributed by atoms with van der Waals surface area (Å²) in [6, 6.07) is 12.0. The second kappa shape index (κ2) is 4.65. The molecule has 86 valence electrons. The van der Waals surface area contributed by atoms with Crippen LogP contribution in [-0.4, -0.2) is 11.0 Å². The van der Waals surface area contributed by atoms with Gasteiger partial charge in [-0.3, -0.25) is 4.79 Å². The zero-order valence-electron chi connectivity index (χ0n) is 8.85. The van der Waals surface area contributed by atoms with Crippen LogP contribution >= 0.6 is 0 Å². The number of amides is 1. The first-order valence-corrected chi connectivity index (χ1v) is 5.02. The number of rotatable bonds is 2. The third-order valence-electron chi connectivity index (χ3n) is 2.23. The Balaban J connectivity index is 2.23. The van der Waals surface area contributed by atoms with E-state index in [0.717, 1.165) is 12.1 Å². The molecule has 1 amide bonds. The van der Waals surface area contributed by atoms with Gasteiger partial charge in [-0.2, -0.15) is 0 Å². The van der Waals surface area contributed by atoms with Gasteiger partial charge in [0, 0.05) is 5.69 Å². The molecule has 0 bridgehead atoms. The van der Waals surface area contributed by atoms with E-state index in [-0.39, 0.29) is 11.3 Å². The number of benzene rings is 2. The van der Waals surface area contributed by atoms with Gasteiger partial charge in [-0.05, 0) is 30.3 Å². The van der Waals surface area contributed by atoms with E-state index in [1.54, 1.807) is 24.3 Å². The summed E-state index contributed by atoms with van der Waals surface area (Å²) in [5.74, 6) is -1.41. The molecule has 0 fully saturated rings. The van der Waals surface area contributed by atoms with Gasteiger partial charge < -0.3 is 10.4 Å². The Morgan fingerprint density at radius 3 is 2.53 bits per heavy atom. The lowest BCUT2D eigenvalue weighted by atomic mass is 10.2.